The van der Waals surface area contributed by atoms with Crippen LogP contribution in [0.3, 0.4) is 0 Å². The Morgan fingerprint density at radius 1 is 1.29 bits per heavy atom. The number of fused-ring (bicyclic) bond motifs is 1. The summed E-state index contributed by atoms with van der Waals surface area (Å²) >= 11 is 3.33. The molecule has 0 radical (unpaired) electrons. The van der Waals surface area contributed by atoms with E-state index in [4.69, 9.17) is 4.74 Å². The van der Waals surface area contributed by atoms with Crippen molar-refractivity contribution in [1.82, 2.24) is 5.43 Å². The van der Waals surface area contributed by atoms with Crippen LogP contribution < -0.4 is 15.5 Å². The molecule has 0 unspecified atom stereocenters. The molecule has 6 nitrogen and oxygen atoms in total. The molecule has 122 valence electrons. The number of hydrogen-bond donors (Lipinski definition) is 2. The van der Waals surface area contributed by atoms with E-state index in [0.717, 1.165) is 5.56 Å². The minimum Gasteiger partial charge on any atom is -0.482 e. The van der Waals surface area contributed by atoms with Gasteiger partial charge in [0.05, 0.1) is 17.0 Å². The average Bonchev–Trinajstić information content (AvgIpc) is 2.59. The van der Waals surface area contributed by atoms with Gasteiger partial charge in [0.1, 0.15) is 5.75 Å². The standard InChI is InChI=1S/C17H14BrN3O3/c1-10(20-21-17(23)12-4-2-3-5-13(12)18)11-6-7-15-14(8-11)19-16(22)9-24-15/h2-8H,9H2,1H3,(H,19,22)(H,21,23)/b20-10-. The lowest BCUT2D eigenvalue weighted by atomic mass is 10.1. The summed E-state index contributed by atoms with van der Waals surface area (Å²) in [5, 5.41) is 6.86. The lowest BCUT2D eigenvalue weighted by molar-refractivity contribution is -0.118. The van der Waals surface area contributed by atoms with Crippen LogP contribution in [0.1, 0.15) is 22.8 Å². The number of anilines is 1. The summed E-state index contributed by atoms with van der Waals surface area (Å²) in [5.41, 5.74) is 5.00. The molecule has 1 aliphatic rings. The van der Waals surface area contributed by atoms with E-state index >= 15 is 0 Å². The van der Waals surface area contributed by atoms with Crippen LogP contribution in [0, 0.1) is 0 Å². The highest BCUT2D eigenvalue weighted by Crippen LogP contribution is 2.28. The molecule has 0 atom stereocenters. The number of nitrogens with zero attached hydrogens (tertiary/aromatic N) is 1. The van der Waals surface area contributed by atoms with Gasteiger partial charge in [-0.3, -0.25) is 9.59 Å². The van der Waals surface area contributed by atoms with Crippen LogP contribution in [0.4, 0.5) is 5.69 Å². The van der Waals surface area contributed by atoms with Crippen LogP contribution in [-0.2, 0) is 4.79 Å². The molecule has 2 aromatic rings. The number of halogens is 1. The molecule has 0 aliphatic carbocycles. The van der Waals surface area contributed by atoms with Crippen molar-refractivity contribution in [3.8, 4) is 5.75 Å². The molecule has 0 spiro atoms. The third-order valence-electron chi connectivity index (χ3n) is 3.47. The molecule has 0 saturated carbocycles. The summed E-state index contributed by atoms with van der Waals surface area (Å²) < 4.78 is 6.01. The number of hydrazone groups is 1. The molecule has 1 aliphatic heterocycles. The first-order valence-corrected chi connectivity index (χ1v) is 8.00. The molecule has 1 heterocycles. The van der Waals surface area contributed by atoms with Crippen LogP contribution in [-0.4, -0.2) is 24.1 Å². The van der Waals surface area contributed by atoms with E-state index in [2.05, 4.69) is 31.8 Å². The molecule has 0 saturated heterocycles. The monoisotopic (exact) mass is 387 g/mol. The fourth-order valence-corrected chi connectivity index (χ4v) is 2.68. The van der Waals surface area contributed by atoms with Gasteiger partial charge in [0, 0.05) is 4.47 Å². The summed E-state index contributed by atoms with van der Waals surface area (Å²) in [5.74, 6) is 0.108. The van der Waals surface area contributed by atoms with E-state index in [9.17, 15) is 9.59 Å². The second-order valence-corrected chi connectivity index (χ2v) is 6.02. The van der Waals surface area contributed by atoms with Crippen LogP contribution in [0.15, 0.2) is 52.0 Å². The molecule has 0 fully saturated rings. The number of benzene rings is 2. The topological polar surface area (TPSA) is 79.8 Å². The van der Waals surface area contributed by atoms with Gasteiger partial charge < -0.3 is 10.1 Å². The quantitative estimate of drug-likeness (QED) is 0.627. The minimum absolute atomic E-state index is 0.0153. The third kappa shape index (κ3) is 3.46. The van der Waals surface area contributed by atoms with E-state index in [1.54, 1.807) is 37.3 Å². The third-order valence-corrected chi connectivity index (χ3v) is 4.17. The van der Waals surface area contributed by atoms with Crippen molar-refractivity contribution in [2.45, 2.75) is 6.92 Å². The first kappa shape index (κ1) is 16.2. The van der Waals surface area contributed by atoms with Gasteiger partial charge in [-0.25, -0.2) is 5.43 Å². The first-order valence-electron chi connectivity index (χ1n) is 7.21. The van der Waals surface area contributed by atoms with Crippen LogP contribution in [0.5, 0.6) is 5.75 Å². The molecule has 2 amide bonds. The Morgan fingerprint density at radius 2 is 2.08 bits per heavy atom. The zero-order chi connectivity index (χ0) is 17.1. The van der Waals surface area contributed by atoms with Crippen molar-refractivity contribution >= 4 is 39.1 Å². The fourth-order valence-electron chi connectivity index (χ4n) is 2.21. The maximum atomic E-state index is 12.2. The van der Waals surface area contributed by atoms with Crippen LogP contribution >= 0.6 is 15.9 Å². The Kier molecular flexibility index (Phi) is 4.61. The second-order valence-electron chi connectivity index (χ2n) is 5.17. The van der Waals surface area contributed by atoms with E-state index in [1.165, 1.54) is 0 Å². The highest BCUT2D eigenvalue weighted by molar-refractivity contribution is 9.10. The van der Waals surface area contributed by atoms with E-state index in [-0.39, 0.29) is 18.4 Å². The smallest absolute Gasteiger partial charge is 0.272 e. The summed E-state index contributed by atoms with van der Waals surface area (Å²) in [7, 11) is 0. The highest BCUT2D eigenvalue weighted by Gasteiger charge is 2.16. The molecule has 0 bridgehead atoms. The molecule has 2 aromatic carbocycles. The van der Waals surface area contributed by atoms with Gasteiger partial charge in [-0.05, 0) is 58.7 Å². The van der Waals surface area contributed by atoms with E-state index in [0.29, 0.717) is 27.2 Å². The lowest BCUT2D eigenvalue weighted by Gasteiger charge is -2.18. The Morgan fingerprint density at radius 3 is 2.88 bits per heavy atom. The molecular weight excluding hydrogens is 374 g/mol. The van der Waals surface area contributed by atoms with Crippen molar-refractivity contribution in [1.29, 1.82) is 0 Å². The lowest BCUT2D eigenvalue weighted by Crippen LogP contribution is -2.25. The zero-order valence-electron chi connectivity index (χ0n) is 12.8. The van der Waals surface area contributed by atoms with Gasteiger partial charge in [-0.15, -0.1) is 0 Å². The van der Waals surface area contributed by atoms with Gasteiger partial charge >= 0.3 is 0 Å². The predicted molar refractivity (Wildman–Crippen MR) is 94.4 cm³/mol. The SMILES string of the molecule is C/C(=N/NC(=O)c1ccccc1Br)c1ccc2c(c1)NC(=O)CO2. The number of carbonyl (C=O) groups excluding carboxylic acids is 2. The largest absolute Gasteiger partial charge is 0.482 e. The molecule has 2 N–H and O–H groups in total. The number of ether oxygens (including phenoxy) is 1. The maximum Gasteiger partial charge on any atom is 0.272 e. The molecule has 7 heteroatoms. The van der Waals surface area contributed by atoms with Gasteiger partial charge in [-0.1, -0.05) is 12.1 Å². The van der Waals surface area contributed by atoms with Gasteiger partial charge in [0.15, 0.2) is 6.61 Å². The van der Waals surface area contributed by atoms with Crippen LogP contribution in [0.2, 0.25) is 0 Å². The van der Waals surface area contributed by atoms with E-state index < -0.39 is 0 Å². The molecular formula is C17H14BrN3O3. The average molecular weight is 388 g/mol. The number of rotatable bonds is 3. The Hall–Kier alpha value is -2.67. The maximum absolute atomic E-state index is 12.2. The van der Waals surface area contributed by atoms with Crippen molar-refractivity contribution in [2.75, 3.05) is 11.9 Å². The molecule has 0 aromatic heterocycles. The summed E-state index contributed by atoms with van der Waals surface area (Å²) in [4.78, 5) is 23.5. The zero-order valence-corrected chi connectivity index (χ0v) is 14.4. The van der Waals surface area contributed by atoms with Gasteiger partial charge in [0.25, 0.3) is 11.8 Å². The van der Waals surface area contributed by atoms with E-state index in [1.807, 2.05) is 12.1 Å². The fraction of sp³-hybridized carbons (Fsp3) is 0.118. The predicted octanol–water partition coefficient (Wildman–Crippen LogP) is 2.93. The van der Waals surface area contributed by atoms with Crippen molar-refractivity contribution in [3.05, 3.63) is 58.1 Å². The Bertz CT molecular complexity index is 849. The second kappa shape index (κ2) is 6.84. The number of amides is 2. The summed E-state index contributed by atoms with van der Waals surface area (Å²) in [6, 6.07) is 12.4. The van der Waals surface area contributed by atoms with Crippen molar-refractivity contribution in [2.24, 2.45) is 5.10 Å². The first-order chi connectivity index (χ1) is 11.5. The highest BCUT2D eigenvalue weighted by atomic mass is 79.9. The minimum atomic E-state index is -0.309. The molecule has 3 rings (SSSR count). The summed E-state index contributed by atoms with van der Waals surface area (Å²) in [6.45, 7) is 1.79. The number of hydrogen-bond acceptors (Lipinski definition) is 4. The Labute approximate surface area is 147 Å². The number of nitrogens with one attached hydrogen (secondary N) is 2. The van der Waals surface area contributed by atoms with Gasteiger partial charge in [0.2, 0.25) is 0 Å². The van der Waals surface area contributed by atoms with Gasteiger partial charge in [-0.2, -0.15) is 5.10 Å². The normalized spacial score (nSPS) is 13.6. The summed E-state index contributed by atoms with van der Waals surface area (Å²) in [6.07, 6.45) is 0. The number of carbonyl (C=O) groups is 2. The molecule has 24 heavy (non-hydrogen) atoms. The van der Waals surface area contributed by atoms with Crippen LogP contribution in [0.25, 0.3) is 0 Å². The Balaban J connectivity index is 1.77. The van der Waals surface area contributed by atoms with Crippen molar-refractivity contribution in [3.63, 3.8) is 0 Å². The van der Waals surface area contributed by atoms with Crippen molar-refractivity contribution < 1.29 is 14.3 Å².